The summed E-state index contributed by atoms with van der Waals surface area (Å²) in [5.41, 5.74) is 5.49. The van der Waals surface area contributed by atoms with Gasteiger partial charge in [0.15, 0.2) is 0 Å². The summed E-state index contributed by atoms with van der Waals surface area (Å²) in [6.07, 6.45) is 0.0185. The van der Waals surface area contributed by atoms with Gasteiger partial charge < -0.3 is 25.6 Å². The molecule has 0 rings (SSSR count). The number of carbonyl (C=O) groups excluding carboxylic acids is 1. The van der Waals surface area contributed by atoms with Gasteiger partial charge in [-0.1, -0.05) is 0 Å². The molecule has 0 aromatic carbocycles. The quantitative estimate of drug-likeness (QED) is 0.426. The number of carboxylic acid groups (broad SMARTS) is 1. The molecule has 0 radical (unpaired) electrons. The Morgan fingerprint density at radius 2 is 2.06 bits per heavy atom. The molecular weight excluding hydrogens is 228 g/mol. The zero-order valence-corrected chi connectivity index (χ0v) is 9.98. The Hall–Kier alpha value is -1.18. The normalized spacial score (nSPS) is 12.1. The van der Waals surface area contributed by atoms with E-state index in [2.05, 4.69) is 5.32 Å². The maximum absolute atomic E-state index is 11.3. The number of amides is 1. The first-order chi connectivity index (χ1) is 8.07. The third-order valence-electron chi connectivity index (χ3n) is 1.98. The lowest BCUT2D eigenvalue weighted by atomic mass is 10.1. The summed E-state index contributed by atoms with van der Waals surface area (Å²) in [6.45, 7) is 1.70. The van der Waals surface area contributed by atoms with E-state index in [1.54, 1.807) is 7.11 Å². The Morgan fingerprint density at radius 3 is 2.65 bits per heavy atom. The molecule has 0 fully saturated rings. The van der Waals surface area contributed by atoms with Gasteiger partial charge in [-0.25, -0.2) is 0 Å². The summed E-state index contributed by atoms with van der Waals surface area (Å²) in [5, 5.41) is 11.0. The van der Waals surface area contributed by atoms with Crippen LogP contribution in [0, 0.1) is 0 Å². The number of nitrogens with one attached hydrogen (secondary N) is 1. The van der Waals surface area contributed by atoms with Gasteiger partial charge in [0.2, 0.25) is 5.91 Å². The van der Waals surface area contributed by atoms with Gasteiger partial charge in [-0.3, -0.25) is 9.59 Å². The minimum atomic E-state index is -0.962. The average Bonchev–Trinajstić information content (AvgIpc) is 2.30. The highest BCUT2D eigenvalue weighted by Crippen LogP contribution is 1.94. The van der Waals surface area contributed by atoms with Crippen LogP contribution in [0.4, 0.5) is 0 Å². The first kappa shape index (κ1) is 15.8. The Labute approximate surface area is 100 Å². The molecule has 0 aliphatic heterocycles. The van der Waals surface area contributed by atoms with Gasteiger partial charge in [0.25, 0.3) is 0 Å². The summed E-state index contributed by atoms with van der Waals surface area (Å²) in [6, 6.07) is -0.787. The fraction of sp³-hybridized carbons (Fsp3) is 0.800. The van der Waals surface area contributed by atoms with Crippen LogP contribution in [0.2, 0.25) is 0 Å². The number of hydrogen-bond donors (Lipinski definition) is 3. The van der Waals surface area contributed by atoms with Crippen molar-refractivity contribution in [1.29, 1.82) is 0 Å². The minimum absolute atomic E-state index is 0.112. The lowest BCUT2D eigenvalue weighted by Gasteiger charge is -2.11. The molecule has 0 aliphatic rings. The van der Waals surface area contributed by atoms with E-state index in [0.29, 0.717) is 26.4 Å². The van der Waals surface area contributed by atoms with Crippen molar-refractivity contribution in [3.05, 3.63) is 0 Å². The molecule has 1 amide bonds. The zero-order valence-electron chi connectivity index (χ0n) is 9.98. The molecule has 7 heteroatoms. The predicted molar refractivity (Wildman–Crippen MR) is 60.5 cm³/mol. The van der Waals surface area contributed by atoms with Crippen LogP contribution in [0.3, 0.4) is 0 Å². The van der Waals surface area contributed by atoms with Crippen molar-refractivity contribution < 1.29 is 24.2 Å². The van der Waals surface area contributed by atoms with E-state index in [-0.39, 0.29) is 18.7 Å². The van der Waals surface area contributed by atoms with Gasteiger partial charge in [0, 0.05) is 20.1 Å². The maximum Gasteiger partial charge on any atom is 0.303 e. The van der Waals surface area contributed by atoms with Crippen LogP contribution < -0.4 is 11.1 Å². The molecule has 0 aromatic heterocycles. The van der Waals surface area contributed by atoms with Crippen LogP contribution in [-0.4, -0.2) is 56.5 Å². The molecule has 100 valence electrons. The predicted octanol–water partition coefficient (Wildman–Crippen LogP) is -1.04. The summed E-state index contributed by atoms with van der Waals surface area (Å²) >= 11 is 0. The van der Waals surface area contributed by atoms with E-state index in [0.717, 1.165) is 0 Å². The summed E-state index contributed by atoms with van der Waals surface area (Å²) in [4.78, 5) is 21.6. The SMILES string of the molecule is COCCOCCNC(=O)C(N)CCC(=O)O. The van der Waals surface area contributed by atoms with E-state index in [1.807, 2.05) is 0 Å². The number of rotatable bonds is 10. The molecule has 7 nitrogen and oxygen atoms in total. The molecule has 17 heavy (non-hydrogen) atoms. The number of carboxylic acids is 1. The number of ether oxygens (including phenoxy) is 2. The standard InChI is InChI=1S/C10H20N2O5/c1-16-6-7-17-5-4-12-10(15)8(11)2-3-9(13)14/h8H,2-7,11H2,1H3,(H,12,15)(H,13,14). The van der Waals surface area contributed by atoms with Gasteiger partial charge in [-0.05, 0) is 6.42 Å². The van der Waals surface area contributed by atoms with E-state index < -0.39 is 12.0 Å². The van der Waals surface area contributed by atoms with Gasteiger partial charge in [0.1, 0.15) is 0 Å². The second-order valence-corrected chi connectivity index (χ2v) is 3.44. The smallest absolute Gasteiger partial charge is 0.303 e. The highest BCUT2D eigenvalue weighted by atomic mass is 16.5. The first-order valence-electron chi connectivity index (χ1n) is 5.39. The van der Waals surface area contributed by atoms with Crippen LogP contribution in [0.25, 0.3) is 0 Å². The van der Waals surface area contributed by atoms with Gasteiger partial charge in [-0.15, -0.1) is 0 Å². The van der Waals surface area contributed by atoms with E-state index in [4.69, 9.17) is 20.3 Å². The summed E-state index contributed by atoms with van der Waals surface area (Å²) < 4.78 is 9.90. The van der Waals surface area contributed by atoms with E-state index in [1.165, 1.54) is 0 Å². The Morgan fingerprint density at radius 1 is 1.35 bits per heavy atom. The molecule has 1 atom stereocenters. The summed E-state index contributed by atoms with van der Waals surface area (Å²) in [5.74, 6) is -1.32. The largest absolute Gasteiger partial charge is 0.481 e. The zero-order chi connectivity index (χ0) is 13.1. The molecular formula is C10H20N2O5. The van der Waals surface area contributed by atoms with Gasteiger partial charge in [-0.2, -0.15) is 0 Å². The Kier molecular flexibility index (Phi) is 9.31. The average molecular weight is 248 g/mol. The number of aliphatic carboxylic acids is 1. The molecule has 1 unspecified atom stereocenters. The van der Waals surface area contributed by atoms with Crippen LogP contribution in [-0.2, 0) is 19.1 Å². The molecule has 0 aliphatic carbocycles. The van der Waals surface area contributed by atoms with Crippen LogP contribution >= 0.6 is 0 Å². The van der Waals surface area contributed by atoms with Crippen molar-refractivity contribution in [2.45, 2.75) is 18.9 Å². The highest BCUT2D eigenvalue weighted by Gasteiger charge is 2.13. The second-order valence-electron chi connectivity index (χ2n) is 3.44. The molecule has 0 bridgehead atoms. The fourth-order valence-corrected chi connectivity index (χ4v) is 1.03. The number of methoxy groups -OCH3 is 1. The van der Waals surface area contributed by atoms with Crippen molar-refractivity contribution in [3.8, 4) is 0 Å². The molecule has 4 N–H and O–H groups in total. The van der Waals surface area contributed by atoms with Gasteiger partial charge >= 0.3 is 5.97 Å². The third-order valence-corrected chi connectivity index (χ3v) is 1.98. The molecule has 0 heterocycles. The van der Waals surface area contributed by atoms with Crippen molar-refractivity contribution in [3.63, 3.8) is 0 Å². The topological polar surface area (TPSA) is 111 Å². The van der Waals surface area contributed by atoms with Crippen molar-refractivity contribution in [1.82, 2.24) is 5.32 Å². The lowest BCUT2D eigenvalue weighted by Crippen LogP contribution is -2.42. The summed E-state index contributed by atoms with van der Waals surface area (Å²) in [7, 11) is 1.58. The number of hydrogen-bond acceptors (Lipinski definition) is 5. The van der Waals surface area contributed by atoms with Crippen molar-refractivity contribution in [2.75, 3.05) is 33.5 Å². The third kappa shape index (κ3) is 9.73. The second kappa shape index (κ2) is 10.0. The van der Waals surface area contributed by atoms with Crippen LogP contribution in [0.15, 0.2) is 0 Å². The van der Waals surface area contributed by atoms with Crippen molar-refractivity contribution in [2.24, 2.45) is 5.73 Å². The number of nitrogens with two attached hydrogens (primary N) is 1. The first-order valence-corrected chi connectivity index (χ1v) is 5.39. The Bertz CT molecular complexity index is 235. The van der Waals surface area contributed by atoms with Crippen LogP contribution in [0.1, 0.15) is 12.8 Å². The lowest BCUT2D eigenvalue weighted by molar-refractivity contribution is -0.137. The molecule has 0 spiro atoms. The van der Waals surface area contributed by atoms with Crippen molar-refractivity contribution >= 4 is 11.9 Å². The number of carbonyl (C=O) groups is 2. The monoisotopic (exact) mass is 248 g/mol. The molecule has 0 saturated heterocycles. The Balaban J connectivity index is 3.47. The molecule has 0 aromatic rings. The maximum atomic E-state index is 11.3. The fourth-order valence-electron chi connectivity index (χ4n) is 1.03. The van der Waals surface area contributed by atoms with Gasteiger partial charge in [0.05, 0.1) is 25.9 Å². The van der Waals surface area contributed by atoms with E-state index in [9.17, 15) is 9.59 Å². The van der Waals surface area contributed by atoms with E-state index >= 15 is 0 Å². The highest BCUT2D eigenvalue weighted by molar-refractivity contribution is 5.82. The molecule has 0 saturated carbocycles. The minimum Gasteiger partial charge on any atom is -0.481 e. The van der Waals surface area contributed by atoms with Crippen LogP contribution in [0.5, 0.6) is 0 Å².